The minimum atomic E-state index is -0.293. The molecule has 7 heteroatoms. The van der Waals surface area contributed by atoms with Crippen molar-refractivity contribution < 1.29 is 9.53 Å². The number of alkyl carbamates (subject to hydrolysis) is 1. The highest BCUT2D eigenvalue weighted by Crippen LogP contribution is 2.36. The lowest BCUT2D eigenvalue weighted by molar-refractivity contribution is 0.100. The Morgan fingerprint density at radius 3 is 3.04 bits per heavy atom. The van der Waals surface area contributed by atoms with Crippen LogP contribution in [-0.2, 0) is 11.2 Å². The molecule has 0 radical (unpaired) electrons. The monoisotopic (exact) mass is 355 g/mol. The van der Waals surface area contributed by atoms with Gasteiger partial charge in [0.25, 0.3) is 0 Å². The van der Waals surface area contributed by atoms with Gasteiger partial charge in [0.05, 0.1) is 0 Å². The molecule has 0 unspecified atom stereocenters. The van der Waals surface area contributed by atoms with Gasteiger partial charge in [0.15, 0.2) is 5.82 Å². The van der Waals surface area contributed by atoms with Crippen LogP contribution in [0.2, 0.25) is 0 Å². The fourth-order valence-electron chi connectivity index (χ4n) is 3.75. The molecule has 138 valence electrons. The molecule has 2 aliphatic rings. The zero-order valence-corrected chi connectivity index (χ0v) is 14.8. The third kappa shape index (κ3) is 4.15. The number of pyridine rings is 1. The number of aromatic amines is 1. The first-order valence-corrected chi connectivity index (χ1v) is 9.49. The Morgan fingerprint density at radius 2 is 2.08 bits per heavy atom. The van der Waals surface area contributed by atoms with Crippen LogP contribution in [0, 0.1) is 0 Å². The molecule has 7 nitrogen and oxygen atoms in total. The van der Waals surface area contributed by atoms with Crippen molar-refractivity contribution in [3.63, 3.8) is 0 Å². The van der Waals surface area contributed by atoms with E-state index < -0.39 is 0 Å². The average molecular weight is 355 g/mol. The van der Waals surface area contributed by atoms with Crippen LogP contribution >= 0.6 is 0 Å². The van der Waals surface area contributed by atoms with Crippen molar-refractivity contribution >= 4 is 17.7 Å². The number of ether oxygens (including phenoxy) is 1. The summed E-state index contributed by atoms with van der Waals surface area (Å²) in [7, 11) is 0. The number of aryl methyl sites for hydroxylation is 1. The second kappa shape index (κ2) is 7.76. The van der Waals surface area contributed by atoms with Gasteiger partial charge in [-0.05, 0) is 50.7 Å². The van der Waals surface area contributed by atoms with E-state index >= 15 is 0 Å². The second-order valence-corrected chi connectivity index (χ2v) is 7.12. The molecule has 1 saturated carbocycles. The molecule has 1 aliphatic heterocycles. The Balaban J connectivity index is 1.51. The molecule has 6 bridgehead atoms. The van der Waals surface area contributed by atoms with Crippen molar-refractivity contribution in [1.29, 1.82) is 0 Å². The summed E-state index contributed by atoms with van der Waals surface area (Å²) in [6, 6.07) is 8.07. The maximum absolute atomic E-state index is 11.9. The van der Waals surface area contributed by atoms with Gasteiger partial charge >= 0.3 is 6.09 Å². The molecule has 0 aromatic carbocycles. The third-order valence-corrected chi connectivity index (χ3v) is 5.14. The molecule has 2 atom stereocenters. The third-order valence-electron chi connectivity index (χ3n) is 5.14. The van der Waals surface area contributed by atoms with Crippen molar-refractivity contribution in [2.45, 2.75) is 57.0 Å². The number of anilines is 2. The van der Waals surface area contributed by atoms with Crippen LogP contribution in [0.15, 0.2) is 24.3 Å². The first kappa shape index (κ1) is 16.9. The van der Waals surface area contributed by atoms with E-state index in [1.807, 2.05) is 24.3 Å². The van der Waals surface area contributed by atoms with E-state index in [2.05, 4.69) is 25.8 Å². The van der Waals surface area contributed by atoms with Gasteiger partial charge in [-0.15, -0.1) is 0 Å². The maximum Gasteiger partial charge on any atom is 0.407 e. The van der Waals surface area contributed by atoms with E-state index in [9.17, 15) is 4.79 Å². The van der Waals surface area contributed by atoms with Crippen LogP contribution < -0.4 is 10.6 Å². The number of carbonyl (C=O) groups excluding carboxylic acids is 1. The lowest BCUT2D eigenvalue weighted by Crippen LogP contribution is -2.28. The van der Waals surface area contributed by atoms with Crippen molar-refractivity contribution in [2.75, 3.05) is 11.9 Å². The zero-order chi connectivity index (χ0) is 17.8. The number of carbonyl (C=O) groups is 1. The highest BCUT2D eigenvalue weighted by atomic mass is 16.6. The van der Waals surface area contributed by atoms with E-state index in [1.54, 1.807) is 0 Å². The van der Waals surface area contributed by atoms with E-state index in [0.717, 1.165) is 68.0 Å². The summed E-state index contributed by atoms with van der Waals surface area (Å²) in [5.74, 6) is 1.93. The van der Waals surface area contributed by atoms with Crippen LogP contribution in [0.1, 0.15) is 55.8 Å². The second-order valence-electron chi connectivity index (χ2n) is 7.12. The molecular weight excluding hydrogens is 330 g/mol. The van der Waals surface area contributed by atoms with Gasteiger partial charge in [-0.1, -0.05) is 12.5 Å². The van der Waals surface area contributed by atoms with Gasteiger partial charge in [-0.2, -0.15) is 5.10 Å². The molecule has 4 rings (SSSR count). The number of H-pyrrole nitrogens is 1. The largest absolute Gasteiger partial charge is 0.446 e. The Labute approximate surface area is 152 Å². The van der Waals surface area contributed by atoms with Gasteiger partial charge < -0.3 is 15.4 Å². The predicted octanol–water partition coefficient (Wildman–Crippen LogP) is 3.64. The Hall–Kier alpha value is -2.57. The smallest absolute Gasteiger partial charge is 0.407 e. The van der Waals surface area contributed by atoms with Crippen LogP contribution in [-0.4, -0.2) is 33.9 Å². The van der Waals surface area contributed by atoms with Crippen LogP contribution in [0.5, 0.6) is 0 Å². The van der Waals surface area contributed by atoms with Crippen molar-refractivity contribution in [3.8, 4) is 0 Å². The number of hydrogen-bond acceptors (Lipinski definition) is 5. The molecular formula is C19H25N5O2. The predicted molar refractivity (Wildman–Crippen MR) is 98.5 cm³/mol. The number of rotatable bonds is 0. The summed E-state index contributed by atoms with van der Waals surface area (Å²) in [5.41, 5.74) is 2.15. The van der Waals surface area contributed by atoms with Crippen LogP contribution in [0.3, 0.4) is 0 Å². The molecule has 1 amide bonds. The summed E-state index contributed by atoms with van der Waals surface area (Å²) in [6.07, 6.45) is 6.39. The lowest BCUT2D eigenvalue weighted by Gasteiger charge is -2.13. The van der Waals surface area contributed by atoms with Gasteiger partial charge in [0.1, 0.15) is 11.9 Å². The molecule has 3 N–H and O–H groups in total. The standard InChI is InChI=1S/C19H25N5O2/c25-19-20-10-3-1-2-5-14-6-4-7-17(21-14)22-18-12-16(23-24-18)13-8-9-15(11-13)26-19/h4,6-7,12-13,15H,1-3,5,8-11H2,(H,20,25)(H2,21,22,23,24)/t13-,15+/m0/s1. The van der Waals surface area contributed by atoms with Crippen LogP contribution in [0.4, 0.5) is 16.4 Å². The number of nitrogens with zero attached hydrogens (tertiary/aromatic N) is 2. The van der Waals surface area contributed by atoms with Gasteiger partial charge in [0, 0.05) is 29.9 Å². The molecule has 1 fully saturated rings. The summed E-state index contributed by atoms with van der Waals surface area (Å²) >= 11 is 0. The van der Waals surface area contributed by atoms with Crippen molar-refractivity contribution in [3.05, 3.63) is 35.7 Å². The maximum atomic E-state index is 11.9. The quantitative estimate of drug-likeness (QED) is 0.671. The van der Waals surface area contributed by atoms with Gasteiger partial charge in [-0.25, -0.2) is 9.78 Å². The van der Waals surface area contributed by atoms with E-state index in [4.69, 9.17) is 4.74 Å². The zero-order valence-electron chi connectivity index (χ0n) is 14.8. The van der Waals surface area contributed by atoms with Gasteiger partial charge in [-0.3, -0.25) is 5.10 Å². The summed E-state index contributed by atoms with van der Waals surface area (Å²) in [5, 5.41) is 13.6. The fraction of sp³-hybridized carbons (Fsp3) is 0.526. The summed E-state index contributed by atoms with van der Waals surface area (Å²) in [4.78, 5) is 16.6. The van der Waals surface area contributed by atoms with E-state index in [1.165, 1.54) is 0 Å². The summed E-state index contributed by atoms with van der Waals surface area (Å²) < 4.78 is 5.56. The van der Waals surface area contributed by atoms with E-state index in [-0.39, 0.29) is 12.2 Å². The van der Waals surface area contributed by atoms with Crippen molar-refractivity contribution in [1.82, 2.24) is 20.5 Å². The molecule has 2 aromatic heterocycles. The Kier molecular flexibility index (Phi) is 5.04. The van der Waals surface area contributed by atoms with Gasteiger partial charge in [0.2, 0.25) is 0 Å². The molecule has 0 saturated heterocycles. The Morgan fingerprint density at radius 1 is 1.12 bits per heavy atom. The first-order chi connectivity index (χ1) is 12.8. The van der Waals surface area contributed by atoms with Crippen molar-refractivity contribution in [2.24, 2.45) is 0 Å². The average Bonchev–Trinajstić information content (AvgIpc) is 3.27. The Bertz CT molecular complexity index is 760. The molecule has 2 aromatic rings. The van der Waals surface area contributed by atoms with Crippen LogP contribution in [0.25, 0.3) is 0 Å². The number of aromatic nitrogens is 3. The first-order valence-electron chi connectivity index (χ1n) is 9.49. The van der Waals surface area contributed by atoms with E-state index in [0.29, 0.717) is 12.5 Å². The fourth-order valence-corrected chi connectivity index (χ4v) is 3.75. The highest BCUT2D eigenvalue weighted by Gasteiger charge is 2.29. The molecule has 0 spiro atoms. The lowest BCUT2D eigenvalue weighted by atomic mass is 10.0. The molecule has 3 heterocycles. The molecule has 1 aliphatic carbocycles. The summed E-state index contributed by atoms with van der Waals surface area (Å²) in [6.45, 7) is 0.661. The normalized spacial score (nSPS) is 23.9. The molecule has 26 heavy (non-hydrogen) atoms. The number of amides is 1. The minimum Gasteiger partial charge on any atom is -0.446 e. The number of nitrogens with one attached hydrogen (secondary N) is 3. The number of fused-ring (bicyclic) bond motifs is 7. The SMILES string of the molecule is O=C1NCCCCCc2cccc(n2)Nc2cc([nH]n2)[C@H]2CC[C@H](C2)O1. The minimum absolute atomic E-state index is 0.0167. The topological polar surface area (TPSA) is 91.9 Å². The number of hydrogen-bond donors (Lipinski definition) is 3. The highest BCUT2D eigenvalue weighted by molar-refractivity contribution is 5.67.